The Bertz CT molecular complexity index is 890. The summed E-state index contributed by atoms with van der Waals surface area (Å²) in [4.78, 5) is 32.1. The van der Waals surface area contributed by atoms with Crippen molar-refractivity contribution in [1.29, 1.82) is 0 Å². The third kappa shape index (κ3) is 7.28. The first-order valence-corrected chi connectivity index (χ1v) is 12.0. The molecule has 0 aromatic heterocycles. The molecule has 2 heterocycles. The van der Waals surface area contributed by atoms with Crippen molar-refractivity contribution < 1.29 is 33.0 Å². The molecule has 0 spiro atoms. The highest BCUT2D eigenvalue weighted by molar-refractivity contribution is 7.89. The molecule has 11 heteroatoms. The predicted molar refractivity (Wildman–Crippen MR) is 118 cm³/mol. The van der Waals surface area contributed by atoms with E-state index in [9.17, 15) is 13.2 Å². The average molecular weight is 470 g/mol. The zero-order valence-corrected chi connectivity index (χ0v) is 19.2. The van der Waals surface area contributed by atoms with E-state index in [0.29, 0.717) is 24.8 Å². The number of nitrogens with zero attached hydrogens (tertiary/aromatic N) is 2. The minimum atomic E-state index is -3.47. The molecule has 2 fully saturated rings. The summed E-state index contributed by atoms with van der Waals surface area (Å²) in [6.07, 6.45) is 4.30. The van der Waals surface area contributed by atoms with Gasteiger partial charge in [-0.25, -0.2) is 18.0 Å². The summed E-state index contributed by atoms with van der Waals surface area (Å²) >= 11 is 0. The summed E-state index contributed by atoms with van der Waals surface area (Å²) in [5.74, 6) is -3.01. The van der Waals surface area contributed by atoms with Crippen molar-refractivity contribution in [3.63, 3.8) is 0 Å². The Morgan fingerprint density at radius 2 is 1.41 bits per heavy atom. The molecule has 2 saturated heterocycles. The van der Waals surface area contributed by atoms with Gasteiger partial charge in [0.2, 0.25) is 15.9 Å². The second-order valence-corrected chi connectivity index (χ2v) is 10.1. The highest BCUT2D eigenvalue weighted by atomic mass is 32.2. The fraction of sp³-hybridized carbons (Fsp3) is 0.571. The lowest BCUT2D eigenvalue weighted by Crippen LogP contribution is -2.48. The maximum atomic E-state index is 12.9. The van der Waals surface area contributed by atoms with Gasteiger partial charge in [-0.3, -0.25) is 4.79 Å². The number of hydrogen-bond donors (Lipinski definition) is 3. The largest absolute Gasteiger partial charge is 0.473 e. The number of piperidine rings is 2. The summed E-state index contributed by atoms with van der Waals surface area (Å²) < 4.78 is 27.3. The van der Waals surface area contributed by atoms with Crippen LogP contribution in [0.3, 0.4) is 0 Å². The quantitative estimate of drug-likeness (QED) is 0.565. The highest BCUT2D eigenvalue weighted by Crippen LogP contribution is 2.27. The molecule has 3 rings (SSSR count). The Morgan fingerprint density at radius 1 is 0.906 bits per heavy atom. The number of benzene rings is 1. The fourth-order valence-electron chi connectivity index (χ4n) is 3.90. The number of hydrogen-bond acceptors (Lipinski definition) is 6. The number of anilines is 1. The molecule has 0 atom stereocenters. The van der Waals surface area contributed by atoms with Crippen molar-refractivity contribution in [3.05, 3.63) is 24.3 Å². The van der Waals surface area contributed by atoms with Crippen LogP contribution >= 0.6 is 0 Å². The van der Waals surface area contributed by atoms with Crippen LogP contribution in [-0.4, -0.2) is 77.9 Å². The molecule has 2 aliphatic heterocycles. The molecule has 0 aliphatic carbocycles. The first-order valence-electron chi connectivity index (χ1n) is 10.6. The third-order valence-corrected chi connectivity index (χ3v) is 7.67. The normalized spacial score (nSPS) is 18.9. The van der Waals surface area contributed by atoms with E-state index in [0.717, 1.165) is 31.8 Å². The van der Waals surface area contributed by atoms with E-state index in [2.05, 4.69) is 17.1 Å². The van der Waals surface area contributed by atoms with Crippen LogP contribution in [0, 0.1) is 5.92 Å². The van der Waals surface area contributed by atoms with Crippen LogP contribution in [0.4, 0.5) is 5.69 Å². The zero-order valence-electron chi connectivity index (χ0n) is 18.4. The van der Waals surface area contributed by atoms with Crippen molar-refractivity contribution in [2.45, 2.75) is 50.5 Å². The van der Waals surface area contributed by atoms with Crippen molar-refractivity contribution >= 4 is 33.6 Å². The summed E-state index contributed by atoms with van der Waals surface area (Å²) in [5.41, 5.74) is 0.606. The number of aliphatic carboxylic acids is 2. The van der Waals surface area contributed by atoms with Crippen molar-refractivity contribution in [2.75, 3.05) is 31.5 Å². The van der Waals surface area contributed by atoms with E-state index >= 15 is 0 Å². The average Bonchev–Trinajstić information content (AvgIpc) is 2.75. The van der Waals surface area contributed by atoms with Gasteiger partial charge in [-0.2, -0.15) is 4.31 Å². The lowest BCUT2D eigenvalue weighted by atomic mass is 9.95. The molecule has 0 bridgehead atoms. The Balaban J connectivity index is 0.000000534. The Morgan fingerprint density at radius 3 is 1.84 bits per heavy atom. The molecule has 0 radical (unpaired) electrons. The monoisotopic (exact) mass is 469 g/mol. The van der Waals surface area contributed by atoms with Gasteiger partial charge >= 0.3 is 11.9 Å². The Labute approximate surface area is 188 Å². The number of carbonyl (C=O) groups excluding carboxylic acids is 1. The van der Waals surface area contributed by atoms with Gasteiger partial charge in [0.15, 0.2) is 0 Å². The number of amides is 1. The number of carboxylic acid groups (broad SMARTS) is 2. The first kappa shape index (κ1) is 25.8. The molecule has 10 nitrogen and oxygen atoms in total. The zero-order chi connectivity index (χ0) is 23.9. The van der Waals surface area contributed by atoms with Crippen LogP contribution in [0.25, 0.3) is 0 Å². The molecule has 1 amide bonds. The van der Waals surface area contributed by atoms with Crippen LogP contribution in [0.1, 0.15) is 39.5 Å². The predicted octanol–water partition coefficient (Wildman–Crippen LogP) is 1.69. The maximum absolute atomic E-state index is 12.9. The van der Waals surface area contributed by atoms with Crippen molar-refractivity contribution in [2.24, 2.45) is 5.92 Å². The molecule has 1 aromatic carbocycles. The molecule has 32 heavy (non-hydrogen) atoms. The highest BCUT2D eigenvalue weighted by Gasteiger charge is 2.32. The van der Waals surface area contributed by atoms with Crippen molar-refractivity contribution in [1.82, 2.24) is 9.21 Å². The number of likely N-dealkylation sites (tertiary alicyclic amines) is 1. The van der Waals surface area contributed by atoms with E-state index in [-0.39, 0.29) is 10.8 Å². The summed E-state index contributed by atoms with van der Waals surface area (Å²) in [6, 6.07) is 6.92. The van der Waals surface area contributed by atoms with Gasteiger partial charge in [0.25, 0.3) is 0 Å². The molecule has 1 aromatic rings. The standard InChI is InChI=1S/C19H29N3O3S.C2H2O4/c1-15-7-11-21(12-8-15)18-9-13-22(14-10-18)26(24,25)19-5-3-17(4-6-19)20-16(2)23;3-1(4)2(5)6/h3-6,15,18H,7-14H2,1-2H3,(H,20,23);(H,3,4)(H,5,6). The van der Waals surface area contributed by atoms with E-state index in [1.807, 2.05) is 0 Å². The van der Waals surface area contributed by atoms with Gasteiger partial charge in [-0.1, -0.05) is 6.92 Å². The second kappa shape index (κ2) is 11.4. The number of sulfonamides is 1. The van der Waals surface area contributed by atoms with Crippen LogP contribution < -0.4 is 5.32 Å². The molecule has 3 N–H and O–H groups in total. The SMILES string of the molecule is CC(=O)Nc1ccc(S(=O)(=O)N2CCC(N3CCC(C)CC3)CC2)cc1.O=C(O)C(=O)O. The van der Waals surface area contributed by atoms with Crippen molar-refractivity contribution in [3.8, 4) is 0 Å². The molecule has 2 aliphatic rings. The minimum absolute atomic E-state index is 0.171. The number of nitrogens with one attached hydrogen (secondary N) is 1. The van der Waals surface area contributed by atoms with E-state index in [4.69, 9.17) is 19.8 Å². The molecular formula is C21H31N3O7S. The topological polar surface area (TPSA) is 144 Å². The maximum Gasteiger partial charge on any atom is 0.414 e. The van der Waals surface area contributed by atoms with Gasteiger partial charge in [-0.15, -0.1) is 0 Å². The van der Waals surface area contributed by atoms with Gasteiger partial charge < -0.3 is 20.4 Å². The fourth-order valence-corrected chi connectivity index (χ4v) is 5.37. The summed E-state index contributed by atoms with van der Waals surface area (Å²) in [7, 11) is -3.47. The lowest BCUT2D eigenvalue weighted by Gasteiger charge is -2.41. The first-order chi connectivity index (χ1) is 15.0. The van der Waals surface area contributed by atoms with Gasteiger partial charge in [0.05, 0.1) is 4.90 Å². The smallest absolute Gasteiger partial charge is 0.414 e. The number of carboxylic acids is 2. The van der Waals surface area contributed by atoms with Gasteiger partial charge in [-0.05, 0) is 69.0 Å². The number of carbonyl (C=O) groups is 3. The van der Waals surface area contributed by atoms with Crippen LogP contribution in [0.5, 0.6) is 0 Å². The summed E-state index contributed by atoms with van der Waals surface area (Å²) in [6.45, 7) is 7.17. The number of rotatable bonds is 4. The molecule has 0 unspecified atom stereocenters. The van der Waals surface area contributed by atoms with Gasteiger partial charge in [0, 0.05) is 31.7 Å². The van der Waals surface area contributed by atoms with E-state index < -0.39 is 22.0 Å². The lowest BCUT2D eigenvalue weighted by molar-refractivity contribution is -0.159. The Kier molecular flexibility index (Phi) is 9.17. The molecular weight excluding hydrogens is 438 g/mol. The summed E-state index contributed by atoms with van der Waals surface area (Å²) in [5, 5.41) is 17.4. The van der Waals surface area contributed by atoms with Crippen LogP contribution in [-0.2, 0) is 24.4 Å². The second-order valence-electron chi connectivity index (χ2n) is 8.17. The van der Waals surface area contributed by atoms with Gasteiger partial charge in [0.1, 0.15) is 0 Å². The molecule has 0 saturated carbocycles. The van der Waals surface area contributed by atoms with E-state index in [1.54, 1.807) is 28.6 Å². The molecule has 178 valence electrons. The Hall–Kier alpha value is -2.50. The minimum Gasteiger partial charge on any atom is -0.473 e. The van der Waals surface area contributed by atoms with Crippen LogP contribution in [0.15, 0.2) is 29.2 Å². The third-order valence-electron chi connectivity index (χ3n) is 5.75. The van der Waals surface area contributed by atoms with E-state index in [1.165, 1.54) is 19.8 Å². The van der Waals surface area contributed by atoms with Crippen LogP contribution in [0.2, 0.25) is 0 Å².